The van der Waals surface area contributed by atoms with Crippen LogP contribution < -0.4 is 5.73 Å². The van der Waals surface area contributed by atoms with Crippen LogP contribution in [0.5, 0.6) is 0 Å². The molecule has 1 aliphatic heterocycles. The number of anilines is 1. The van der Waals surface area contributed by atoms with E-state index in [9.17, 15) is 17.6 Å². The van der Waals surface area contributed by atoms with E-state index in [1.165, 1.54) is 17.3 Å². The number of benzene rings is 1. The van der Waals surface area contributed by atoms with Gasteiger partial charge in [0.05, 0.1) is 0 Å². The number of carbonyl (C=O) groups excluding carboxylic acids is 1. The Morgan fingerprint density at radius 1 is 1.25 bits per heavy atom. The summed E-state index contributed by atoms with van der Waals surface area (Å²) in [5.41, 5.74) is 5.58. The van der Waals surface area contributed by atoms with E-state index in [-0.39, 0.29) is 29.6 Å². The van der Waals surface area contributed by atoms with Crippen LogP contribution in [-0.2, 0) is 14.8 Å². The van der Waals surface area contributed by atoms with Crippen molar-refractivity contribution in [1.82, 2.24) is 9.21 Å². The summed E-state index contributed by atoms with van der Waals surface area (Å²) in [5.74, 6) is -0.959. The molecular weight excluding hydrogens is 285 g/mol. The second-order valence-electron chi connectivity index (χ2n) is 4.60. The molecule has 2 rings (SSSR count). The zero-order valence-electron chi connectivity index (χ0n) is 11.0. The van der Waals surface area contributed by atoms with E-state index in [1.807, 2.05) is 0 Å². The van der Waals surface area contributed by atoms with Crippen molar-refractivity contribution in [3.8, 4) is 0 Å². The lowest BCUT2D eigenvalue weighted by molar-refractivity contribution is -0.129. The first-order valence-electron chi connectivity index (χ1n) is 6.13. The monoisotopic (exact) mass is 301 g/mol. The van der Waals surface area contributed by atoms with E-state index in [0.717, 1.165) is 12.1 Å². The third-order valence-corrected chi connectivity index (χ3v) is 5.19. The maximum absolute atomic E-state index is 13.8. The zero-order valence-corrected chi connectivity index (χ0v) is 11.9. The minimum atomic E-state index is -3.89. The highest BCUT2D eigenvalue weighted by molar-refractivity contribution is 7.89. The minimum absolute atomic E-state index is 0.0966. The lowest BCUT2D eigenvalue weighted by Gasteiger charge is -2.33. The Hall–Kier alpha value is -1.67. The Labute approximate surface area is 117 Å². The number of sulfonamides is 1. The normalized spacial score (nSPS) is 17.2. The van der Waals surface area contributed by atoms with E-state index in [1.54, 1.807) is 4.90 Å². The third kappa shape index (κ3) is 2.75. The van der Waals surface area contributed by atoms with Gasteiger partial charge in [-0.15, -0.1) is 0 Å². The SMILES string of the molecule is CC(=O)N1CCN(S(=O)(=O)c2ccc(N)cc2F)CC1. The van der Waals surface area contributed by atoms with Gasteiger partial charge in [-0.1, -0.05) is 0 Å². The third-order valence-electron chi connectivity index (χ3n) is 3.26. The highest BCUT2D eigenvalue weighted by Gasteiger charge is 2.31. The van der Waals surface area contributed by atoms with Crippen molar-refractivity contribution in [1.29, 1.82) is 0 Å². The van der Waals surface area contributed by atoms with Gasteiger partial charge in [-0.2, -0.15) is 4.31 Å². The van der Waals surface area contributed by atoms with Crippen LogP contribution in [0, 0.1) is 5.82 Å². The predicted molar refractivity (Wildman–Crippen MR) is 71.8 cm³/mol. The highest BCUT2D eigenvalue weighted by atomic mass is 32.2. The first-order chi connectivity index (χ1) is 9.32. The quantitative estimate of drug-likeness (QED) is 0.794. The first-order valence-corrected chi connectivity index (χ1v) is 7.57. The summed E-state index contributed by atoms with van der Waals surface area (Å²) in [6.45, 7) is 2.37. The van der Waals surface area contributed by atoms with Gasteiger partial charge in [-0.25, -0.2) is 12.8 Å². The van der Waals surface area contributed by atoms with Crippen LogP contribution in [0.4, 0.5) is 10.1 Å². The van der Waals surface area contributed by atoms with Gasteiger partial charge < -0.3 is 10.6 Å². The van der Waals surface area contributed by atoms with Gasteiger partial charge in [0.2, 0.25) is 15.9 Å². The molecule has 0 aliphatic carbocycles. The molecule has 1 aliphatic rings. The van der Waals surface area contributed by atoms with Crippen LogP contribution in [-0.4, -0.2) is 49.7 Å². The van der Waals surface area contributed by atoms with Gasteiger partial charge in [0, 0.05) is 38.8 Å². The summed E-state index contributed by atoms with van der Waals surface area (Å²) < 4.78 is 39.6. The van der Waals surface area contributed by atoms with Crippen LogP contribution in [0.15, 0.2) is 23.1 Å². The van der Waals surface area contributed by atoms with Crippen molar-refractivity contribution in [2.24, 2.45) is 0 Å². The lowest BCUT2D eigenvalue weighted by Crippen LogP contribution is -2.50. The van der Waals surface area contributed by atoms with E-state index in [4.69, 9.17) is 5.73 Å². The van der Waals surface area contributed by atoms with Gasteiger partial charge in [0.25, 0.3) is 0 Å². The molecule has 0 bridgehead atoms. The molecule has 2 N–H and O–H groups in total. The highest BCUT2D eigenvalue weighted by Crippen LogP contribution is 2.22. The average molecular weight is 301 g/mol. The molecule has 1 heterocycles. The number of rotatable bonds is 2. The summed E-state index contributed by atoms with van der Waals surface area (Å²) in [5, 5.41) is 0. The predicted octanol–water partition coefficient (Wildman–Crippen LogP) is 0.261. The Morgan fingerprint density at radius 3 is 2.35 bits per heavy atom. The van der Waals surface area contributed by atoms with Gasteiger partial charge >= 0.3 is 0 Å². The minimum Gasteiger partial charge on any atom is -0.399 e. The molecule has 0 saturated carbocycles. The number of nitrogen functional groups attached to an aromatic ring is 1. The molecule has 20 heavy (non-hydrogen) atoms. The van der Waals surface area contributed by atoms with Crippen LogP contribution in [0.2, 0.25) is 0 Å². The second-order valence-corrected chi connectivity index (χ2v) is 6.51. The molecule has 0 spiro atoms. The molecule has 0 unspecified atom stereocenters. The number of hydrogen-bond donors (Lipinski definition) is 1. The maximum atomic E-state index is 13.8. The number of halogens is 1. The number of carbonyl (C=O) groups is 1. The van der Waals surface area contributed by atoms with Crippen molar-refractivity contribution in [2.75, 3.05) is 31.9 Å². The molecule has 1 aromatic rings. The fraction of sp³-hybridized carbons (Fsp3) is 0.417. The molecule has 0 aromatic heterocycles. The van der Waals surface area contributed by atoms with Crippen molar-refractivity contribution in [3.63, 3.8) is 0 Å². The molecule has 8 heteroatoms. The van der Waals surface area contributed by atoms with Gasteiger partial charge in [-0.05, 0) is 18.2 Å². The Kier molecular flexibility index (Phi) is 3.96. The Balaban J connectivity index is 2.22. The zero-order chi connectivity index (χ0) is 14.9. The molecule has 1 saturated heterocycles. The van der Waals surface area contributed by atoms with E-state index < -0.39 is 15.8 Å². The molecule has 6 nitrogen and oxygen atoms in total. The standard InChI is InChI=1S/C12H16FN3O3S/c1-9(17)15-4-6-16(7-5-15)20(18,19)12-3-2-10(14)8-11(12)13/h2-3,8H,4-7,14H2,1H3. The van der Waals surface area contributed by atoms with Gasteiger partial charge in [0.15, 0.2) is 0 Å². The fourth-order valence-electron chi connectivity index (χ4n) is 2.11. The molecular formula is C12H16FN3O3S. The van der Waals surface area contributed by atoms with Crippen LogP contribution in [0.25, 0.3) is 0 Å². The van der Waals surface area contributed by atoms with Crippen LogP contribution in [0.3, 0.4) is 0 Å². The van der Waals surface area contributed by atoms with Crippen molar-refractivity contribution in [2.45, 2.75) is 11.8 Å². The molecule has 1 amide bonds. The summed E-state index contributed by atoms with van der Waals surface area (Å²) >= 11 is 0. The molecule has 0 radical (unpaired) electrons. The topological polar surface area (TPSA) is 83.7 Å². The lowest BCUT2D eigenvalue weighted by atomic mass is 10.3. The summed E-state index contributed by atoms with van der Waals surface area (Å²) in [7, 11) is -3.89. The van der Waals surface area contributed by atoms with Gasteiger partial charge in [-0.3, -0.25) is 4.79 Å². The van der Waals surface area contributed by atoms with E-state index >= 15 is 0 Å². The summed E-state index contributed by atoms with van der Waals surface area (Å²) in [6.07, 6.45) is 0. The number of piperazine rings is 1. The van der Waals surface area contributed by atoms with Gasteiger partial charge in [0.1, 0.15) is 10.7 Å². The number of nitrogens with two attached hydrogens (primary N) is 1. The fourth-order valence-corrected chi connectivity index (χ4v) is 3.58. The number of nitrogens with zero attached hydrogens (tertiary/aromatic N) is 2. The largest absolute Gasteiger partial charge is 0.399 e. The summed E-state index contributed by atoms with van der Waals surface area (Å²) in [4.78, 5) is 12.4. The van der Waals surface area contributed by atoms with Crippen molar-refractivity contribution < 1.29 is 17.6 Å². The molecule has 1 aromatic carbocycles. The number of hydrogen-bond acceptors (Lipinski definition) is 4. The maximum Gasteiger partial charge on any atom is 0.246 e. The number of amides is 1. The Morgan fingerprint density at radius 2 is 1.85 bits per heavy atom. The van der Waals surface area contributed by atoms with Crippen LogP contribution >= 0.6 is 0 Å². The molecule has 1 fully saturated rings. The van der Waals surface area contributed by atoms with E-state index in [2.05, 4.69) is 0 Å². The van der Waals surface area contributed by atoms with Crippen molar-refractivity contribution in [3.05, 3.63) is 24.0 Å². The van der Waals surface area contributed by atoms with Crippen LogP contribution in [0.1, 0.15) is 6.92 Å². The average Bonchev–Trinajstić information content (AvgIpc) is 2.38. The summed E-state index contributed by atoms with van der Waals surface area (Å²) in [6, 6.07) is 3.50. The smallest absolute Gasteiger partial charge is 0.246 e. The molecule has 110 valence electrons. The second kappa shape index (κ2) is 5.37. The Bertz CT molecular complexity index is 625. The first kappa shape index (κ1) is 14.7. The van der Waals surface area contributed by atoms with Crippen molar-refractivity contribution >= 4 is 21.6 Å². The molecule has 0 atom stereocenters. The van der Waals surface area contributed by atoms with E-state index in [0.29, 0.717) is 13.1 Å².